The molecule has 0 nitrogen and oxygen atoms in total. The van der Waals surface area contributed by atoms with E-state index in [1.807, 2.05) is 94.1 Å². The number of hydrogen-bond donors (Lipinski definition) is 0. The van der Waals surface area contributed by atoms with Gasteiger partial charge < -0.3 is 0 Å². The first-order valence-electron chi connectivity index (χ1n) is 7.67. The Hall–Kier alpha value is 1.46. The molecule has 0 N–H and O–H groups in total. The first-order valence-corrected chi connectivity index (χ1v) is 16.6. The Bertz CT molecular complexity index is 799. The summed E-state index contributed by atoms with van der Waals surface area (Å²) in [5.74, 6) is 0. The highest BCUT2D eigenvalue weighted by atomic mass is 79.9. The third-order valence-corrected chi connectivity index (χ3v) is 14.3. The molecule has 0 atom stereocenters. The zero-order chi connectivity index (χ0) is 19.4. The second-order valence-corrected chi connectivity index (χ2v) is 14.9. The van der Waals surface area contributed by atoms with Gasteiger partial charge in [0.15, 0.2) is 0 Å². The van der Waals surface area contributed by atoms with Gasteiger partial charge in [0, 0.05) is 10.0 Å². The fourth-order valence-corrected chi connectivity index (χ4v) is 12.5. The largest absolute Gasteiger partial charge is 0.121 e. The summed E-state index contributed by atoms with van der Waals surface area (Å²) in [4.78, 5) is 0. The highest BCUT2D eigenvalue weighted by molar-refractivity contribution is 9.10. The van der Waals surface area contributed by atoms with Gasteiger partial charge in [0.25, 0.3) is 0 Å². The molecular weight excluding hydrogens is 553 g/mol. The van der Waals surface area contributed by atoms with Crippen molar-refractivity contribution in [3.8, 4) is 0 Å². The molecule has 0 bridgehead atoms. The standard InChI is InChI=1S/C18H17BrS8/c1-20-15-16(21-2)25-13(24-15)9-12(10-5-7-11(19)8-6-10)14-26-17(22-3)18(23-4)27-14/h5-9H,1-4H3. The van der Waals surface area contributed by atoms with Gasteiger partial charge in [0.2, 0.25) is 0 Å². The lowest BCUT2D eigenvalue weighted by molar-refractivity contribution is 1.59. The maximum atomic E-state index is 3.57. The van der Waals surface area contributed by atoms with Gasteiger partial charge in [-0.3, -0.25) is 0 Å². The summed E-state index contributed by atoms with van der Waals surface area (Å²) in [6.07, 6.45) is 11.1. The van der Waals surface area contributed by atoms with E-state index in [1.165, 1.54) is 36.6 Å². The van der Waals surface area contributed by atoms with Gasteiger partial charge in [-0.25, -0.2) is 0 Å². The Balaban J connectivity index is 1.99. The second kappa shape index (κ2) is 11.2. The van der Waals surface area contributed by atoms with Crippen LogP contribution in [-0.2, 0) is 0 Å². The Labute approximate surface area is 204 Å². The van der Waals surface area contributed by atoms with E-state index in [0.717, 1.165) is 4.47 Å². The van der Waals surface area contributed by atoms with Crippen LogP contribution in [0.3, 0.4) is 0 Å². The van der Waals surface area contributed by atoms with Crippen molar-refractivity contribution in [2.45, 2.75) is 0 Å². The molecule has 0 aliphatic carbocycles. The number of hydrogen-bond acceptors (Lipinski definition) is 8. The van der Waals surface area contributed by atoms with E-state index < -0.39 is 0 Å². The van der Waals surface area contributed by atoms with Crippen LogP contribution in [0, 0.1) is 0 Å². The van der Waals surface area contributed by atoms with E-state index in [2.05, 4.69) is 71.3 Å². The number of halogens is 1. The molecule has 1 aromatic rings. The normalized spacial score (nSPS) is 17.4. The summed E-state index contributed by atoms with van der Waals surface area (Å²) in [5.41, 5.74) is 2.60. The zero-order valence-corrected chi connectivity index (χ0v) is 23.1. The van der Waals surface area contributed by atoms with Crippen molar-refractivity contribution in [1.82, 2.24) is 0 Å². The fraction of sp³-hybridized carbons (Fsp3) is 0.222. The van der Waals surface area contributed by atoms with Crippen LogP contribution in [0.1, 0.15) is 5.56 Å². The lowest BCUT2D eigenvalue weighted by atomic mass is 10.1. The minimum atomic E-state index is 1.11. The van der Waals surface area contributed by atoms with E-state index in [9.17, 15) is 0 Å². The maximum absolute atomic E-state index is 3.57. The van der Waals surface area contributed by atoms with Gasteiger partial charge in [-0.1, -0.05) is 75.1 Å². The molecule has 0 saturated heterocycles. The summed E-state index contributed by atoms with van der Waals surface area (Å²) < 4.78 is 9.51. The molecule has 1 aromatic carbocycles. The van der Waals surface area contributed by atoms with Gasteiger partial charge in [-0.2, -0.15) is 0 Å². The van der Waals surface area contributed by atoms with E-state index in [1.54, 1.807) is 0 Å². The third kappa shape index (κ3) is 5.79. The number of benzene rings is 1. The van der Waals surface area contributed by atoms with Gasteiger partial charge in [0.05, 0.1) is 25.4 Å². The summed E-state index contributed by atoms with van der Waals surface area (Å²) in [7, 11) is 0. The summed E-state index contributed by atoms with van der Waals surface area (Å²) in [5, 5.41) is 0. The van der Waals surface area contributed by atoms with Crippen molar-refractivity contribution in [3.63, 3.8) is 0 Å². The van der Waals surface area contributed by atoms with Gasteiger partial charge in [-0.15, -0.1) is 47.0 Å². The SMILES string of the molecule is CSC1=C(SC)SC(=CC(=C2SC(SC)=C(SC)S2)c2ccc(Br)cc2)S1. The fourth-order valence-electron chi connectivity index (χ4n) is 2.24. The molecule has 0 amide bonds. The molecule has 0 fully saturated rings. The Morgan fingerprint density at radius 1 is 0.741 bits per heavy atom. The van der Waals surface area contributed by atoms with Crippen LogP contribution in [0.2, 0.25) is 0 Å². The molecule has 2 heterocycles. The first kappa shape index (κ1) is 23.1. The van der Waals surface area contributed by atoms with Crippen molar-refractivity contribution in [2.24, 2.45) is 0 Å². The summed E-state index contributed by atoms with van der Waals surface area (Å²) >= 11 is 18.6. The van der Waals surface area contributed by atoms with Gasteiger partial charge >= 0.3 is 0 Å². The van der Waals surface area contributed by atoms with Crippen LogP contribution in [0.15, 0.2) is 60.2 Å². The molecule has 2 aliphatic heterocycles. The molecule has 0 spiro atoms. The zero-order valence-electron chi connectivity index (χ0n) is 15.0. The van der Waals surface area contributed by atoms with Crippen LogP contribution in [0.5, 0.6) is 0 Å². The van der Waals surface area contributed by atoms with Crippen LogP contribution >= 0.6 is 110 Å². The van der Waals surface area contributed by atoms with Crippen molar-refractivity contribution in [2.75, 3.05) is 25.0 Å². The molecular formula is C18H17BrS8. The number of thioether (sulfide) groups is 8. The van der Waals surface area contributed by atoms with Gasteiger partial charge in [0.1, 0.15) is 0 Å². The van der Waals surface area contributed by atoms with Crippen molar-refractivity contribution in [3.05, 3.63) is 65.8 Å². The number of rotatable bonds is 6. The van der Waals surface area contributed by atoms with Crippen LogP contribution < -0.4 is 0 Å². The molecule has 2 aliphatic rings. The lowest BCUT2D eigenvalue weighted by Gasteiger charge is -2.09. The Morgan fingerprint density at radius 3 is 1.63 bits per heavy atom. The molecule has 27 heavy (non-hydrogen) atoms. The minimum Gasteiger partial charge on any atom is -0.121 e. The third-order valence-electron chi connectivity index (χ3n) is 3.47. The summed E-state index contributed by atoms with van der Waals surface area (Å²) in [6.45, 7) is 0. The highest BCUT2D eigenvalue weighted by Gasteiger charge is 2.25. The molecule has 3 rings (SSSR count). The quantitative estimate of drug-likeness (QED) is 0.328. The second-order valence-electron chi connectivity index (χ2n) is 5.05. The van der Waals surface area contributed by atoms with E-state index in [4.69, 9.17) is 0 Å². The van der Waals surface area contributed by atoms with Crippen LogP contribution in [0.4, 0.5) is 0 Å². The average molecular weight is 570 g/mol. The molecule has 0 saturated carbocycles. The lowest BCUT2D eigenvalue weighted by Crippen LogP contribution is -1.84. The Kier molecular flexibility index (Phi) is 9.58. The average Bonchev–Trinajstić information content (AvgIpc) is 3.29. The summed E-state index contributed by atoms with van der Waals surface area (Å²) in [6, 6.07) is 8.68. The van der Waals surface area contributed by atoms with Crippen molar-refractivity contribution in [1.29, 1.82) is 0 Å². The van der Waals surface area contributed by atoms with E-state index in [-0.39, 0.29) is 0 Å². The smallest absolute Gasteiger partial charge is 0.0657 e. The maximum Gasteiger partial charge on any atom is 0.0657 e. The van der Waals surface area contributed by atoms with Crippen LogP contribution in [-0.4, -0.2) is 25.0 Å². The topological polar surface area (TPSA) is 0 Å². The number of allylic oxidation sites excluding steroid dienone is 2. The molecule has 0 aromatic heterocycles. The molecule has 9 heteroatoms. The molecule has 0 unspecified atom stereocenters. The highest BCUT2D eigenvalue weighted by Crippen LogP contribution is 2.60. The van der Waals surface area contributed by atoms with E-state index >= 15 is 0 Å². The van der Waals surface area contributed by atoms with Gasteiger partial charge in [-0.05, 0) is 48.8 Å². The Morgan fingerprint density at radius 2 is 1.19 bits per heavy atom. The molecule has 0 radical (unpaired) electrons. The minimum absolute atomic E-state index is 1.11. The van der Waals surface area contributed by atoms with Crippen molar-refractivity contribution < 1.29 is 0 Å². The predicted octanol–water partition coefficient (Wildman–Crippen LogP) is 9.62. The van der Waals surface area contributed by atoms with E-state index in [0.29, 0.717) is 0 Å². The first-order chi connectivity index (χ1) is 13.1. The van der Waals surface area contributed by atoms with Crippen LogP contribution in [0.25, 0.3) is 5.57 Å². The monoisotopic (exact) mass is 568 g/mol. The van der Waals surface area contributed by atoms with Crippen molar-refractivity contribution >= 4 is 116 Å². The molecule has 144 valence electrons. The predicted molar refractivity (Wildman–Crippen MR) is 148 cm³/mol.